The van der Waals surface area contributed by atoms with E-state index in [0.717, 1.165) is 6.20 Å². The van der Waals surface area contributed by atoms with Gasteiger partial charge in [0.2, 0.25) is 0 Å². The SMILES string of the molecule is N#CC(C(=O)O)=C(O)c1cn(Cc2cc(C(F)(F)F)cc(C(F)(F)F)c2)c2ccccc12. The summed E-state index contributed by atoms with van der Waals surface area (Å²) in [6, 6.07) is 8.53. The minimum Gasteiger partial charge on any atom is -0.506 e. The van der Waals surface area contributed by atoms with Gasteiger partial charge in [-0.15, -0.1) is 0 Å². The third kappa shape index (κ3) is 4.39. The molecule has 0 fully saturated rings. The molecule has 0 bridgehead atoms. The zero-order chi connectivity index (χ0) is 23.8. The van der Waals surface area contributed by atoms with Crippen molar-refractivity contribution in [3.8, 4) is 6.07 Å². The molecular weight excluding hydrogens is 442 g/mol. The number of aliphatic carboxylic acids is 1. The van der Waals surface area contributed by atoms with Crippen molar-refractivity contribution < 1.29 is 41.4 Å². The first kappa shape index (κ1) is 22.7. The van der Waals surface area contributed by atoms with Crippen LogP contribution in [0.1, 0.15) is 22.3 Å². The molecule has 5 nitrogen and oxygen atoms in total. The van der Waals surface area contributed by atoms with Gasteiger partial charge in [-0.2, -0.15) is 31.6 Å². The lowest BCUT2D eigenvalue weighted by Gasteiger charge is -2.15. The molecule has 0 aliphatic carbocycles. The number of benzene rings is 2. The third-order valence-electron chi connectivity index (χ3n) is 4.61. The van der Waals surface area contributed by atoms with E-state index < -0.39 is 47.3 Å². The van der Waals surface area contributed by atoms with E-state index in [0.29, 0.717) is 17.6 Å². The number of nitrogens with zero attached hydrogens (tertiary/aromatic N) is 2. The van der Waals surface area contributed by atoms with E-state index in [4.69, 9.17) is 10.4 Å². The van der Waals surface area contributed by atoms with Gasteiger partial charge in [0.25, 0.3) is 0 Å². The second-order valence-electron chi connectivity index (χ2n) is 6.74. The largest absolute Gasteiger partial charge is 0.506 e. The number of halogens is 6. The topological polar surface area (TPSA) is 86.2 Å². The van der Waals surface area contributed by atoms with Crippen molar-refractivity contribution in [2.45, 2.75) is 18.9 Å². The number of nitriles is 1. The fourth-order valence-corrected chi connectivity index (χ4v) is 3.21. The average Bonchev–Trinajstić information content (AvgIpc) is 3.05. The Balaban J connectivity index is 2.20. The Morgan fingerprint density at radius 1 is 0.969 bits per heavy atom. The molecule has 0 amide bonds. The fraction of sp³-hybridized carbons (Fsp3) is 0.143. The van der Waals surface area contributed by atoms with Crippen LogP contribution in [-0.2, 0) is 23.7 Å². The van der Waals surface area contributed by atoms with Crippen LogP contribution in [0.2, 0.25) is 0 Å². The maximum Gasteiger partial charge on any atom is 0.416 e. The Labute approximate surface area is 176 Å². The Morgan fingerprint density at radius 2 is 1.53 bits per heavy atom. The zero-order valence-corrected chi connectivity index (χ0v) is 15.8. The van der Waals surface area contributed by atoms with E-state index in [1.165, 1.54) is 28.8 Å². The molecule has 0 aliphatic heterocycles. The molecular formula is C21H12F6N2O3. The first-order valence-corrected chi connectivity index (χ1v) is 8.76. The van der Waals surface area contributed by atoms with E-state index in [1.54, 1.807) is 6.07 Å². The molecule has 32 heavy (non-hydrogen) atoms. The first-order chi connectivity index (χ1) is 14.8. The summed E-state index contributed by atoms with van der Waals surface area (Å²) in [6.45, 7) is -0.449. The normalized spacial score (nSPS) is 13.0. The van der Waals surface area contributed by atoms with Gasteiger partial charge in [-0.25, -0.2) is 4.79 Å². The van der Waals surface area contributed by atoms with Crippen LogP contribution in [0.5, 0.6) is 0 Å². The number of fused-ring (bicyclic) bond motifs is 1. The molecule has 11 heteroatoms. The highest BCUT2D eigenvalue weighted by atomic mass is 19.4. The number of carboxylic acid groups (broad SMARTS) is 1. The molecule has 0 spiro atoms. The highest BCUT2D eigenvalue weighted by Crippen LogP contribution is 2.37. The maximum atomic E-state index is 13.1. The van der Waals surface area contributed by atoms with Gasteiger partial charge in [0.1, 0.15) is 11.8 Å². The fourth-order valence-electron chi connectivity index (χ4n) is 3.21. The monoisotopic (exact) mass is 454 g/mol. The van der Waals surface area contributed by atoms with Crippen molar-refractivity contribution in [2.24, 2.45) is 0 Å². The number of para-hydroxylation sites is 1. The minimum absolute atomic E-state index is 0.0172. The summed E-state index contributed by atoms with van der Waals surface area (Å²) < 4.78 is 80.1. The number of alkyl halides is 6. The van der Waals surface area contributed by atoms with Crippen LogP contribution in [0.15, 0.2) is 54.2 Å². The maximum absolute atomic E-state index is 13.1. The van der Waals surface area contributed by atoms with Crippen LogP contribution >= 0.6 is 0 Å². The summed E-state index contributed by atoms with van der Waals surface area (Å²) in [4.78, 5) is 11.2. The molecule has 0 aliphatic rings. The van der Waals surface area contributed by atoms with Gasteiger partial charge < -0.3 is 14.8 Å². The Hall–Kier alpha value is -3.94. The molecule has 166 valence electrons. The molecule has 3 rings (SSSR count). The van der Waals surface area contributed by atoms with Crippen LogP contribution in [0.25, 0.3) is 16.7 Å². The standard InChI is InChI=1S/C21H12F6N2O3/c22-20(23,24)12-5-11(6-13(7-12)21(25,26)27)9-29-10-16(14-3-1-2-4-17(14)29)18(30)15(8-28)19(31)32/h1-7,10,30H,9H2,(H,31,32). The predicted octanol–water partition coefficient (Wildman–Crippen LogP) is 5.60. The van der Waals surface area contributed by atoms with Crippen LogP contribution in [0.4, 0.5) is 26.3 Å². The predicted molar refractivity (Wildman–Crippen MR) is 100 cm³/mol. The lowest BCUT2D eigenvalue weighted by atomic mass is 10.0. The lowest BCUT2D eigenvalue weighted by molar-refractivity contribution is -0.143. The second kappa shape index (κ2) is 7.96. The van der Waals surface area contributed by atoms with Crippen molar-refractivity contribution in [2.75, 3.05) is 0 Å². The number of aromatic nitrogens is 1. The van der Waals surface area contributed by atoms with Gasteiger partial charge in [0.15, 0.2) is 5.57 Å². The number of aliphatic hydroxyl groups is 1. The molecule has 2 aromatic carbocycles. The Morgan fingerprint density at radius 3 is 2.03 bits per heavy atom. The lowest BCUT2D eigenvalue weighted by Crippen LogP contribution is -2.12. The summed E-state index contributed by atoms with van der Waals surface area (Å²) in [7, 11) is 0. The second-order valence-corrected chi connectivity index (χ2v) is 6.74. The Kier molecular flexibility index (Phi) is 5.65. The van der Waals surface area contributed by atoms with E-state index in [2.05, 4.69) is 0 Å². The zero-order valence-electron chi connectivity index (χ0n) is 15.8. The molecule has 2 N–H and O–H groups in total. The molecule has 0 radical (unpaired) electrons. The van der Waals surface area contributed by atoms with E-state index >= 15 is 0 Å². The third-order valence-corrected chi connectivity index (χ3v) is 4.61. The molecule has 3 aromatic rings. The van der Waals surface area contributed by atoms with Crippen molar-refractivity contribution in [1.29, 1.82) is 5.26 Å². The van der Waals surface area contributed by atoms with Gasteiger partial charge in [-0.05, 0) is 29.8 Å². The van der Waals surface area contributed by atoms with Gasteiger partial charge in [-0.1, -0.05) is 18.2 Å². The van der Waals surface area contributed by atoms with E-state index in [1.807, 2.05) is 0 Å². The highest BCUT2D eigenvalue weighted by molar-refractivity contribution is 6.02. The van der Waals surface area contributed by atoms with Crippen LogP contribution in [0.3, 0.4) is 0 Å². The van der Waals surface area contributed by atoms with Gasteiger partial charge in [0.05, 0.1) is 11.1 Å². The summed E-state index contributed by atoms with van der Waals surface area (Å²) in [6.07, 6.45) is -8.86. The number of hydrogen-bond acceptors (Lipinski definition) is 3. The Bertz CT molecular complexity index is 1250. The van der Waals surface area contributed by atoms with E-state index in [9.17, 15) is 36.2 Å². The number of aliphatic hydroxyl groups excluding tert-OH is 1. The van der Waals surface area contributed by atoms with E-state index in [-0.39, 0.29) is 22.6 Å². The van der Waals surface area contributed by atoms with Crippen molar-refractivity contribution in [1.82, 2.24) is 4.57 Å². The first-order valence-electron chi connectivity index (χ1n) is 8.76. The summed E-state index contributed by atoms with van der Waals surface area (Å²) in [5, 5.41) is 28.6. The highest BCUT2D eigenvalue weighted by Gasteiger charge is 2.37. The number of carbonyl (C=O) groups is 1. The molecule has 0 atom stereocenters. The number of rotatable bonds is 4. The van der Waals surface area contributed by atoms with Gasteiger partial charge in [0, 0.05) is 29.2 Å². The molecule has 1 heterocycles. The number of hydrogen-bond donors (Lipinski definition) is 2. The molecule has 0 saturated heterocycles. The summed E-state index contributed by atoms with van der Waals surface area (Å²) in [5.41, 5.74) is -4.04. The number of carboxylic acids is 1. The summed E-state index contributed by atoms with van der Waals surface area (Å²) in [5.74, 6) is -2.58. The van der Waals surface area contributed by atoms with Crippen molar-refractivity contribution in [3.05, 3.63) is 76.5 Å². The van der Waals surface area contributed by atoms with Gasteiger partial charge in [-0.3, -0.25) is 0 Å². The van der Waals surface area contributed by atoms with Crippen LogP contribution < -0.4 is 0 Å². The van der Waals surface area contributed by atoms with Crippen molar-refractivity contribution in [3.63, 3.8) is 0 Å². The van der Waals surface area contributed by atoms with Crippen LogP contribution in [0, 0.1) is 11.3 Å². The van der Waals surface area contributed by atoms with Crippen molar-refractivity contribution >= 4 is 22.6 Å². The molecule has 1 aromatic heterocycles. The molecule has 0 saturated carbocycles. The smallest absolute Gasteiger partial charge is 0.416 e. The van der Waals surface area contributed by atoms with Crippen LogP contribution in [-0.4, -0.2) is 20.7 Å². The minimum atomic E-state index is -5.01. The van der Waals surface area contributed by atoms with Gasteiger partial charge >= 0.3 is 18.3 Å². The quantitative estimate of drug-likeness (QED) is 0.232. The molecule has 0 unspecified atom stereocenters. The average molecular weight is 454 g/mol. The summed E-state index contributed by atoms with van der Waals surface area (Å²) >= 11 is 0.